The van der Waals surface area contributed by atoms with Gasteiger partial charge in [-0.1, -0.05) is 13.0 Å². The van der Waals surface area contributed by atoms with Crippen molar-refractivity contribution in [1.29, 1.82) is 5.26 Å². The van der Waals surface area contributed by atoms with Crippen LogP contribution in [-0.4, -0.2) is 17.6 Å². The molecule has 0 heterocycles. The molecule has 2 rings (SSSR count). The summed E-state index contributed by atoms with van der Waals surface area (Å²) in [4.78, 5) is 12.4. The maximum atomic E-state index is 12.4. The zero-order valence-corrected chi connectivity index (χ0v) is 13.6. The van der Waals surface area contributed by atoms with Crippen molar-refractivity contribution < 1.29 is 9.53 Å². The van der Waals surface area contributed by atoms with Crippen LogP contribution in [-0.2, 0) is 4.79 Å². The Labute approximate surface area is 132 Å². The summed E-state index contributed by atoms with van der Waals surface area (Å²) < 4.78 is 5.66. The number of hydrogen-bond acceptors (Lipinski definition) is 3. The van der Waals surface area contributed by atoms with Crippen LogP contribution in [0.25, 0.3) is 0 Å². The van der Waals surface area contributed by atoms with Crippen molar-refractivity contribution in [3.05, 3.63) is 29.8 Å². The van der Waals surface area contributed by atoms with E-state index < -0.39 is 6.10 Å². The molecule has 1 fully saturated rings. The number of nitriles is 1. The lowest BCUT2D eigenvalue weighted by atomic mass is 9.78. The zero-order chi connectivity index (χ0) is 16.2. The molecule has 1 amide bonds. The fraction of sp³-hybridized carbons (Fsp3) is 0.556. The SMILES string of the molecule is CC1CCC(C)(NC(=O)C(C)Oc2cccc(C#N)c2)CC1. The van der Waals surface area contributed by atoms with Gasteiger partial charge in [-0.05, 0) is 63.6 Å². The summed E-state index contributed by atoms with van der Waals surface area (Å²) in [5.41, 5.74) is 0.397. The summed E-state index contributed by atoms with van der Waals surface area (Å²) in [7, 11) is 0. The molecule has 22 heavy (non-hydrogen) atoms. The van der Waals surface area contributed by atoms with E-state index in [9.17, 15) is 4.79 Å². The standard InChI is InChI=1S/C18H24N2O2/c1-13-7-9-18(3,10-8-13)20-17(21)14(2)22-16-6-4-5-15(11-16)12-19/h4-6,11,13-14H,7-10H2,1-3H3,(H,20,21). The van der Waals surface area contributed by atoms with E-state index in [2.05, 4.69) is 25.2 Å². The first-order valence-electron chi connectivity index (χ1n) is 7.91. The third-order valence-electron chi connectivity index (χ3n) is 4.45. The minimum absolute atomic E-state index is 0.0978. The van der Waals surface area contributed by atoms with Crippen LogP contribution in [0.5, 0.6) is 5.75 Å². The Morgan fingerprint density at radius 2 is 2.14 bits per heavy atom. The van der Waals surface area contributed by atoms with E-state index in [0.29, 0.717) is 11.3 Å². The van der Waals surface area contributed by atoms with Gasteiger partial charge >= 0.3 is 0 Å². The Morgan fingerprint density at radius 3 is 2.77 bits per heavy atom. The summed E-state index contributed by atoms with van der Waals surface area (Å²) in [6, 6.07) is 8.93. The number of rotatable bonds is 4. The fourth-order valence-electron chi connectivity index (χ4n) is 2.82. The predicted octanol–water partition coefficient (Wildman–Crippen LogP) is 3.41. The summed E-state index contributed by atoms with van der Waals surface area (Å²) in [5, 5.41) is 12.0. The minimum atomic E-state index is -0.579. The third-order valence-corrected chi connectivity index (χ3v) is 4.45. The number of carbonyl (C=O) groups is 1. The average molecular weight is 300 g/mol. The molecular formula is C18H24N2O2. The number of nitrogens with one attached hydrogen (secondary N) is 1. The first-order valence-corrected chi connectivity index (χ1v) is 7.91. The molecule has 0 aromatic heterocycles. The highest BCUT2D eigenvalue weighted by atomic mass is 16.5. The van der Waals surface area contributed by atoms with Crippen molar-refractivity contribution in [1.82, 2.24) is 5.32 Å². The first-order chi connectivity index (χ1) is 10.4. The molecule has 0 saturated heterocycles. The molecule has 0 radical (unpaired) electrons. The minimum Gasteiger partial charge on any atom is -0.481 e. The van der Waals surface area contributed by atoms with Gasteiger partial charge in [0, 0.05) is 5.54 Å². The molecule has 4 heteroatoms. The van der Waals surface area contributed by atoms with E-state index in [1.54, 1.807) is 31.2 Å². The Balaban J connectivity index is 1.93. The van der Waals surface area contributed by atoms with Gasteiger partial charge in [0.1, 0.15) is 5.75 Å². The Kier molecular flexibility index (Phi) is 5.07. The molecule has 118 valence electrons. The van der Waals surface area contributed by atoms with Crippen LogP contribution in [0, 0.1) is 17.2 Å². The second kappa shape index (κ2) is 6.83. The van der Waals surface area contributed by atoms with Gasteiger partial charge in [0.2, 0.25) is 0 Å². The van der Waals surface area contributed by atoms with Crippen LogP contribution in [0.15, 0.2) is 24.3 Å². The molecule has 0 aliphatic heterocycles. The molecule has 1 N–H and O–H groups in total. The smallest absolute Gasteiger partial charge is 0.261 e. The lowest BCUT2D eigenvalue weighted by molar-refractivity contribution is -0.129. The summed E-state index contributed by atoms with van der Waals surface area (Å²) in [6.45, 7) is 6.11. The molecule has 0 bridgehead atoms. The Bertz CT molecular complexity index is 569. The Hall–Kier alpha value is -2.02. The van der Waals surface area contributed by atoms with E-state index in [0.717, 1.165) is 31.6 Å². The third kappa shape index (κ3) is 4.24. The molecule has 1 unspecified atom stereocenters. The number of ether oxygens (including phenoxy) is 1. The molecule has 1 aromatic rings. The normalized spacial score (nSPS) is 25.8. The molecule has 1 aromatic carbocycles. The first kappa shape index (κ1) is 16.4. The molecule has 1 atom stereocenters. The van der Waals surface area contributed by atoms with Crippen molar-refractivity contribution in [2.75, 3.05) is 0 Å². The maximum Gasteiger partial charge on any atom is 0.261 e. The van der Waals surface area contributed by atoms with E-state index in [-0.39, 0.29) is 11.4 Å². The lowest BCUT2D eigenvalue weighted by Crippen LogP contribution is -2.51. The van der Waals surface area contributed by atoms with Crippen LogP contribution >= 0.6 is 0 Å². The highest BCUT2D eigenvalue weighted by Gasteiger charge is 2.32. The van der Waals surface area contributed by atoms with Crippen LogP contribution in [0.3, 0.4) is 0 Å². The van der Waals surface area contributed by atoms with E-state index in [1.807, 2.05) is 0 Å². The van der Waals surface area contributed by atoms with Gasteiger partial charge in [0.15, 0.2) is 6.10 Å². The number of nitrogens with zero attached hydrogens (tertiary/aromatic N) is 1. The molecule has 1 aliphatic carbocycles. The van der Waals surface area contributed by atoms with Gasteiger partial charge in [-0.15, -0.1) is 0 Å². The number of carbonyl (C=O) groups excluding carboxylic acids is 1. The maximum absolute atomic E-state index is 12.4. The number of amides is 1. The van der Waals surface area contributed by atoms with Gasteiger partial charge < -0.3 is 10.1 Å². The van der Waals surface area contributed by atoms with Gasteiger partial charge in [-0.3, -0.25) is 4.79 Å². The predicted molar refractivity (Wildman–Crippen MR) is 85.4 cm³/mol. The van der Waals surface area contributed by atoms with Crippen molar-refractivity contribution in [2.45, 2.75) is 58.1 Å². The van der Waals surface area contributed by atoms with Crippen LogP contribution in [0.4, 0.5) is 0 Å². The van der Waals surface area contributed by atoms with Gasteiger partial charge in [-0.2, -0.15) is 5.26 Å². The van der Waals surface area contributed by atoms with Crippen LogP contribution in [0.2, 0.25) is 0 Å². The quantitative estimate of drug-likeness (QED) is 0.927. The largest absolute Gasteiger partial charge is 0.481 e. The van der Waals surface area contributed by atoms with Gasteiger partial charge in [0.05, 0.1) is 11.6 Å². The van der Waals surface area contributed by atoms with Gasteiger partial charge in [0.25, 0.3) is 5.91 Å². The number of hydrogen-bond donors (Lipinski definition) is 1. The van der Waals surface area contributed by atoms with Crippen molar-refractivity contribution in [2.24, 2.45) is 5.92 Å². The lowest BCUT2D eigenvalue weighted by Gasteiger charge is -2.37. The van der Waals surface area contributed by atoms with Crippen molar-refractivity contribution in [3.8, 4) is 11.8 Å². The molecular weight excluding hydrogens is 276 g/mol. The highest BCUT2D eigenvalue weighted by molar-refractivity contribution is 5.81. The zero-order valence-electron chi connectivity index (χ0n) is 13.6. The van der Waals surface area contributed by atoms with Crippen LogP contribution in [0.1, 0.15) is 52.0 Å². The van der Waals surface area contributed by atoms with Crippen LogP contribution < -0.4 is 10.1 Å². The van der Waals surface area contributed by atoms with Gasteiger partial charge in [-0.25, -0.2) is 0 Å². The van der Waals surface area contributed by atoms with Crippen molar-refractivity contribution >= 4 is 5.91 Å². The molecule has 4 nitrogen and oxygen atoms in total. The summed E-state index contributed by atoms with van der Waals surface area (Å²) in [5.74, 6) is 1.19. The topological polar surface area (TPSA) is 62.1 Å². The number of benzene rings is 1. The molecule has 1 aliphatic rings. The van der Waals surface area contributed by atoms with Crippen molar-refractivity contribution in [3.63, 3.8) is 0 Å². The Morgan fingerprint density at radius 1 is 1.45 bits per heavy atom. The summed E-state index contributed by atoms with van der Waals surface area (Å²) in [6.07, 6.45) is 3.74. The molecule has 0 spiro atoms. The second-order valence-electron chi connectivity index (χ2n) is 6.63. The monoisotopic (exact) mass is 300 g/mol. The average Bonchev–Trinajstić information content (AvgIpc) is 2.50. The molecule has 1 saturated carbocycles. The van der Waals surface area contributed by atoms with E-state index >= 15 is 0 Å². The highest BCUT2D eigenvalue weighted by Crippen LogP contribution is 2.31. The fourth-order valence-corrected chi connectivity index (χ4v) is 2.82. The van der Waals surface area contributed by atoms with E-state index in [4.69, 9.17) is 10.00 Å². The summed E-state index contributed by atoms with van der Waals surface area (Å²) >= 11 is 0. The van der Waals surface area contributed by atoms with E-state index in [1.165, 1.54) is 0 Å². The second-order valence-corrected chi connectivity index (χ2v) is 6.63.